The summed E-state index contributed by atoms with van der Waals surface area (Å²) in [7, 11) is 0. The summed E-state index contributed by atoms with van der Waals surface area (Å²) in [5.74, 6) is 0.428. The van der Waals surface area contributed by atoms with Crippen molar-refractivity contribution in [1.29, 1.82) is 0 Å². The van der Waals surface area contributed by atoms with Crippen molar-refractivity contribution in [2.45, 2.75) is 33.1 Å². The minimum Gasteiger partial charge on any atom is -0.372 e. The summed E-state index contributed by atoms with van der Waals surface area (Å²) in [6, 6.07) is 16.4. The lowest BCUT2D eigenvalue weighted by Gasteiger charge is -2.18. The maximum Gasteiger partial charge on any atom is 0.224 e. The molecule has 1 aliphatic heterocycles. The zero-order valence-corrected chi connectivity index (χ0v) is 15.1. The zero-order chi connectivity index (χ0) is 17.6. The Balaban J connectivity index is 1.56. The Labute approximate surface area is 150 Å². The normalized spacial score (nSPS) is 14.0. The molecule has 132 valence electrons. The van der Waals surface area contributed by atoms with Gasteiger partial charge >= 0.3 is 0 Å². The van der Waals surface area contributed by atoms with Gasteiger partial charge in [-0.05, 0) is 67.3 Å². The van der Waals surface area contributed by atoms with Gasteiger partial charge in [-0.3, -0.25) is 4.79 Å². The van der Waals surface area contributed by atoms with Crippen molar-refractivity contribution in [3.8, 4) is 0 Å². The number of carbonyl (C=O) groups excluding carboxylic acids is 1. The average Bonchev–Trinajstić information content (AvgIpc) is 3.11. The lowest BCUT2D eigenvalue weighted by Crippen LogP contribution is -2.17. The maximum atomic E-state index is 11.8. The second kappa shape index (κ2) is 8.06. The van der Waals surface area contributed by atoms with Gasteiger partial charge in [0.05, 0.1) is 0 Å². The first-order valence-electron chi connectivity index (χ1n) is 9.12. The Morgan fingerprint density at radius 1 is 0.920 bits per heavy atom. The standard InChI is InChI=1S/C21H27N3O/c1-16(2)15-21(25)23-19-7-5-17(6-8-19)22-18-9-11-20(12-10-18)24-13-3-4-14-24/h5-12,16,22H,3-4,13-15H2,1-2H3,(H,23,25). The number of hydrogen-bond donors (Lipinski definition) is 2. The van der Waals surface area contributed by atoms with Crippen LogP contribution in [0.1, 0.15) is 33.1 Å². The number of nitrogens with zero attached hydrogens (tertiary/aromatic N) is 1. The van der Waals surface area contributed by atoms with Crippen molar-refractivity contribution in [3.63, 3.8) is 0 Å². The van der Waals surface area contributed by atoms with E-state index in [9.17, 15) is 4.79 Å². The molecule has 0 aliphatic carbocycles. The highest BCUT2D eigenvalue weighted by Gasteiger charge is 2.11. The van der Waals surface area contributed by atoms with Gasteiger partial charge in [0.1, 0.15) is 0 Å². The van der Waals surface area contributed by atoms with Gasteiger partial charge in [-0.25, -0.2) is 0 Å². The van der Waals surface area contributed by atoms with E-state index in [1.165, 1.54) is 18.5 Å². The molecule has 0 saturated carbocycles. The smallest absolute Gasteiger partial charge is 0.224 e. The molecule has 0 atom stereocenters. The van der Waals surface area contributed by atoms with Crippen molar-refractivity contribution in [2.75, 3.05) is 28.6 Å². The summed E-state index contributed by atoms with van der Waals surface area (Å²) < 4.78 is 0. The van der Waals surface area contributed by atoms with Crippen LogP contribution in [0.2, 0.25) is 0 Å². The molecule has 2 N–H and O–H groups in total. The second-order valence-electron chi connectivity index (χ2n) is 7.09. The van der Waals surface area contributed by atoms with Crippen LogP contribution in [-0.2, 0) is 4.79 Å². The quantitative estimate of drug-likeness (QED) is 0.778. The molecule has 0 unspecified atom stereocenters. The Morgan fingerprint density at radius 3 is 2.00 bits per heavy atom. The van der Waals surface area contributed by atoms with Crippen LogP contribution < -0.4 is 15.5 Å². The number of anilines is 4. The second-order valence-corrected chi connectivity index (χ2v) is 7.09. The molecule has 25 heavy (non-hydrogen) atoms. The molecule has 4 heteroatoms. The summed E-state index contributed by atoms with van der Waals surface area (Å²) in [6.45, 7) is 6.41. The van der Waals surface area contributed by atoms with E-state index in [1.807, 2.05) is 38.1 Å². The summed E-state index contributed by atoms with van der Waals surface area (Å²) in [6.07, 6.45) is 3.13. The Kier molecular flexibility index (Phi) is 5.59. The van der Waals surface area contributed by atoms with Crippen molar-refractivity contribution in [2.24, 2.45) is 5.92 Å². The SMILES string of the molecule is CC(C)CC(=O)Nc1ccc(Nc2ccc(N3CCCC3)cc2)cc1. The van der Waals surface area contributed by atoms with Crippen LogP contribution in [0.5, 0.6) is 0 Å². The van der Waals surface area contributed by atoms with Crippen LogP contribution in [0.3, 0.4) is 0 Å². The molecule has 1 amide bonds. The number of hydrogen-bond acceptors (Lipinski definition) is 3. The number of rotatable bonds is 6. The van der Waals surface area contributed by atoms with Crippen LogP contribution in [0.4, 0.5) is 22.7 Å². The van der Waals surface area contributed by atoms with E-state index in [4.69, 9.17) is 0 Å². The van der Waals surface area contributed by atoms with Crippen LogP contribution >= 0.6 is 0 Å². The molecule has 0 radical (unpaired) electrons. The minimum atomic E-state index is 0.0632. The van der Waals surface area contributed by atoms with Crippen LogP contribution in [-0.4, -0.2) is 19.0 Å². The molecule has 0 spiro atoms. The van der Waals surface area contributed by atoms with E-state index >= 15 is 0 Å². The predicted octanol–water partition coefficient (Wildman–Crippen LogP) is 5.02. The van der Waals surface area contributed by atoms with Gasteiger partial charge in [0, 0.05) is 42.3 Å². The number of nitrogens with one attached hydrogen (secondary N) is 2. The highest BCUT2D eigenvalue weighted by atomic mass is 16.1. The van der Waals surface area contributed by atoms with Crippen molar-refractivity contribution >= 4 is 28.7 Å². The molecule has 1 fully saturated rings. The fourth-order valence-corrected chi connectivity index (χ4v) is 3.12. The topological polar surface area (TPSA) is 44.4 Å². The number of carbonyl (C=O) groups is 1. The molecule has 1 aliphatic rings. The Bertz CT molecular complexity index is 686. The van der Waals surface area contributed by atoms with Crippen LogP contribution in [0.25, 0.3) is 0 Å². The third kappa shape index (κ3) is 4.99. The van der Waals surface area contributed by atoms with E-state index in [0.717, 1.165) is 30.2 Å². The van der Waals surface area contributed by atoms with E-state index in [0.29, 0.717) is 12.3 Å². The highest BCUT2D eigenvalue weighted by molar-refractivity contribution is 5.91. The first kappa shape index (κ1) is 17.3. The van der Waals surface area contributed by atoms with Crippen molar-refractivity contribution in [3.05, 3.63) is 48.5 Å². The van der Waals surface area contributed by atoms with Gasteiger partial charge in [-0.15, -0.1) is 0 Å². The van der Waals surface area contributed by atoms with Gasteiger partial charge in [0.15, 0.2) is 0 Å². The van der Waals surface area contributed by atoms with E-state index < -0.39 is 0 Å². The fraction of sp³-hybridized carbons (Fsp3) is 0.381. The molecule has 2 aromatic rings. The fourth-order valence-electron chi connectivity index (χ4n) is 3.12. The van der Waals surface area contributed by atoms with Gasteiger partial charge < -0.3 is 15.5 Å². The van der Waals surface area contributed by atoms with Crippen molar-refractivity contribution < 1.29 is 4.79 Å². The highest BCUT2D eigenvalue weighted by Crippen LogP contribution is 2.24. The van der Waals surface area contributed by atoms with E-state index in [-0.39, 0.29) is 5.91 Å². The van der Waals surface area contributed by atoms with Gasteiger partial charge in [0.2, 0.25) is 5.91 Å². The minimum absolute atomic E-state index is 0.0632. The summed E-state index contributed by atoms with van der Waals surface area (Å²) in [5.41, 5.74) is 4.21. The molecular formula is C21H27N3O. The largest absolute Gasteiger partial charge is 0.372 e. The lowest BCUT2D eigenvalue weighted by atomic mass is 10.1. The Morgan fingerprint density at radius 2 is 1.44 bits per heavy atom. The van der Waals surface area contributed by atoms with Crippen LogP contribution in [0.15, 0.2) is 48.5 Å². The monoisotopic (exact) mass is 337 g/mol. The molecule has 2 aromatic carbocycles. The predicted molar refractivity (Wildman–Crippen MR) is 106 cm³/mol. The molecule has 0 aromatic heterocycles. The number of amides is 1. The molecular weight excluding hydrogens is 310 g/mol. The first-order chi connectivity index (χ1) is 12.1. The molecule has 1 saturated heterocycles. The molecule has 1 heterocycles. The molecule has 0 bridgehead atoms. The van der Waals surface area contributed by atoms with Crippen LogP contribution in [0, 0.1) is 5.92 Å². The number of benzene rings is 2. The van der Waals surface area contributed by atoms with Gasteiger partial charge in [0.25, 0.3) is 0 Å². The lowest BCUT2D eigenvalue weighted by molar-refractivity contribution is -0.116. The van der Waals surface area contributed by atoms with Gasteiger partial charge in [-0.2, -0.15) is 0 Å². The van der Waals surface area contributed by atoms with E-state index in [1.54, 1.807) is 0 Å². The third-order valence-corrected chi connectivity index (χ3v) is 4.39. The summed E-state index contributed by atoms with van der Waals surface area (Å²) >= 11 is 0. The summed E-state index contributed by atoms with van der Waals surface area (Å²) in [4.78, 5) is 14.2. The van der Waals surface area contributed by atoms with Crippen molar-refractivity contribution in [1.82, 2.24) is 0 Å². The summed E-state index contributed by atoms with van der Waals surface area (Å²) in [5, 5.41) is 6.33. The van der Waals surface area contributed by atoms with Gasteiger partial charge in [-0.1, -0.05) is 13.8 Å². The average molecular weight is 337 g/mol. The third-order valence-electron chi connectivity index (χ3n) is 4.39. The van der Waals surface area contributed by atoms with E-state index in [2.05, 4.69) is 39.8 Å². The Hall–Kier alpha value is -2.49. The molecule has 4 nitrogen and oxygen atoms in total. The first-order valence-corrected chi connectivity index (χ1v) is 9.12. The zero-order valence-electron chi connectivity index (χ0n) is 15.1. The maximum absolute atomic E-state index is 11.8. The molecule has 3 rings (SSSR count).